The van der Waals surface area contributed by atoms with Crippen molar-refractivity contribution in [1.82, 2.24) is 4.98 Å². The van der Waals surface area contributed by atoms with Crippen molar-refractivity contribution in [3.05, 3.63) is 40.9 Å². The Morgan fingerprint density at radius 3 is 2.95 bits per heavy atom. The summed E-state index contributed by atoms with van der Waals surface area (Å²) in [5.74, 6) is 0.461. The molecule has 2 heterocycles. The molecule has 2 aromatic rings. The third-order valence-electron chi connectivity index (χ3n) is 3.52. The molecule has 1 fully saturated rings. The van der Waals surface area contributed by atoms with Crippen molar-refractivity contribution >= 4 is 22.9 Å². The molecule has 1 aliphatic rings. The number of halogens is 1. The van der Waals surface area contributed by atoms with Gasteiger partial charge in [0.2, 0.25) is 0 Å². The van der Waals surface area contributed by atoms with Gasteiger partial charge in [0.25, 0.3) is 0 Å². The Labute approximate surface area is 133 Å². The van der Waals surface area contributed by atoms with Gasteiger partial charge in [-0.2, -0.15) is 0 Å². The lowest BCUT2D eigenvalue weighted by molar-refractivity contribution is -0.0390. The van der Waals surface area contributed by atoms with Crippen LogP contribution in [0.25, 0.3) is 10.6 Å². The summed E-state index contributed by atoms with van der Waals surface area (Å²) in [5.41, 5.74) is 3.24. The summed E-state index contributed by atoms with van der Waals surface area (Å²) in [5, 5.41) is 3.02. The van der Waals surface area contributed by atoms with E-state index >= 15 is 0 Å². The molecular formula is C16H18ClNO2S. The van der Waals surface area contributed by atoms with E-state index in [1.165, 1.54) is 5.56 Å². The minimum absolute atomic E-state index is 0.324. The van der Waals surface area contributed by atoms with E-state index in [4.69, 9.17) is 21.1 Å². The van der Waals surface area contributed by atoms with Crippen LogP contribution in [-0.4, -0.2) is 24.3 Å². The summed E-state index contributed by atoms with van der Waals surface area (Å²) in [6, 6.07) is 8.38. The summed E-state index contributed by atoms with van der Waals surface area (Å²) in [6.07, 6.45) is 2.31. The van der Waals surface area contributed by atoms with E-state index in [0.717, 1.165) is 42.3 Å². The number of hydrogen-bond acceptors (Lipinski definition) is 4. The molecular weight excluding hydrogens is 306 g/mol. The quantitative estimate of drug-likeness (QED) is 0.771. The van der Waals surface area contributed by atoms with Crippen LogP contribution in [0, 0.1) is 0 Å². The highest BCUT2D eigenvalue weighted by molar-refractivity contribution is 7.13. The van der Waals surface area contributed by atoms with Crippen LogP contribution >= 0.6 is 22.9 Å². The molecule has 1 aromatic heterocycles. The number of alkyl halides is 1. The average molecular weight is 324 g/mol. The molecule has 1 saturated heterocycles. The average Bonchev–Trinajstić information content (AvgIpc) is 3.03. The van der Waals surface area contributed by atoms with Crippen LogP contribution in [-0.2, 0) is 22.0 Å². The standard InChI is InChI=1S/C16H18ClNO2S/c17-9-14-11-21-16(18-14)13-3-1-2-12(8-13)10-20-15-4-6-19-7-5-15/h1-3,8,11,15H,4-7,9-10H2. The van der Waals surface area contributed by atoms with Crippen LogP contribution in [0.5, 0.6) is 0 Å². The first-order chi connectivity index (χ1) is 10.3. The minimum Gasteiger partial charge on any atom is -0.381 e. The predicted octanol–water partition coefficient (Wildman–Crippen LogP) is 4.24. The second-order valence-electron chi connectivity index (χ2n) is 5.10. The molecule has 21 heavy (non-hydrogen) atoms. The summed E-state index contributed by atoms with van der Waals surface area (Å²) < 4.78 is 11.3. The first-order valence-electron chi connectivity index (χ1n) is 7.14. The fraction of sp³-hybridized carbons (Fsp3) is 0.438. The Morgan fingerprint density at radius 1 is 1.33 bits per heavy atom. The van der Waals surface area contributed by atoms with Gasteiger partial charge in [-0.1, -0.05) is 18.2 Å². The van der Waals surface area contributed by atoms with Gasteiger partial charge in [-0.25, -0.2) is 4.98 Å². The molecule has 3 nitrogen and oxygen atoms in total. The number of ether oxygens (including phenoxy) is 2. The molecule has 1 aromatic carbocycles. The maximum absolute atomic E-state index is 5.97. The highest BCUT2D eigenvalue weighted by Crippen LogP contribution is 2.25. The molecule has 0 spiro atoms. The monoisotopic (exact) mass is 323 g/mol. The molecule has 0 amide bonds. The third-order valence-corrected chi connectivity index (χ3v) is 4.73. The number of hydrogen-bond donors (Lipinski definition) is 0. The highest BCUT2D eigenvalue weighted by Gasteiger charge is 2.14. The first kappa shape index (κ1) is 15.0. The van der Waals surface area contributed by atoms with E-state index in [-0.39, 0.29) is 0 Å². The lowest BCUT2D eigenvalue weighted by Crippen LogP contribution is -2.23. The molecule has 0 N–H and O–H groups in total. The Morgan fingerprint density at radius 2 is 2.19 bits per heavy atom. The molecule has 0 aliphatic carbocycles. The smallest absolute Gasteiger partial charge is 0.123 e. The van der Waals surface area contributed by atoms with Gasteiger partial charge in [-0.3, -0.25) is 0 Å². The zero-order valence-electron chi connectivity index (χ0n) is 11.8. The molecule has 112 valence electrons. The minimum atomic E-state index is 0.324. The Balaban J connectivity index is 1.65. The summed E-state index contributed by atoms with van der Waals surface area (Å²) >= 11 is 7.44. The molecule has 0 atom stereocenters. The predicted molar refractivity (Wildman–Crippen MR) is 85.7 cm³/mol. The van der Waals surface area contributed by atoms with Crippen LogP contribution < -0.4 is 0 Å². The zero-order chi connectivity index (χ0) is 14.5. The highest BCUT2D eigenvalue weighted by atomic mass is 35.5. The van der Waals surface area contributed by atoms with Crippen molar-refractivity contribution in [2.24, 2.45) is 0 Å². The fourth-order valence-electron chi connectivity index (χ4n) is 2.35. The Hall–Kier alpha value is -0.940. The van der Waals surface area contributed by atoms with Crippen molar-refractivity contribution in [3.63, 3.8) is 0 Å². The molecule has 0 bridgehead atoms. The number of benzene rings is 1. The zero-order valence-corrected chi connectivity index (χ0v) is 13.3. The van der Waals surface area contributed by atoms with Crippen LogP contribution in [0.1, 0.15) is 24.1 Å². The summed E-state index contributed by atoms with van der Waals surface area (Å²) in [4.78, 5) is 4.52. The van der Waals surface area contributed by atoms with Gasteiger partial charge in [0.05, 0.1) is 24.3 Å². The first-order valence-corrected chi connectivity index (χ1v) is 8.55. The Bertz CT molecular complexity index is 581. The van der Waals surface area contributed by atoms with E-state index in [9.17, 15) is 0 Å². The van der Waals surface area contributed by atoms with E-state index < -0.39 is 0 Å². The van der Waals surface area contributed by atoms with Gasteiger partial charge in [0.1, 0.15) is 5.01 Å². The van der Waals surface area contributed by atoms with Crippen LogP contribution in [0.15, 0.2) is 29.6 Å². The van der Waals surface area contributed by atoms with Gasteiger partial charge in [-0.15, -0.1) is 22.9 Å². The van der Waals surface area contributed by atoms with Gasteiger partial charge in [0.15, 0.2) is 0 Å². The maximum Gasteiger partial charge on any atom is 0.123 e. The molecule has 0 radical (unpaired) electrons. The normalized spacial score (nSPS) is 16.2. The number of aromatic nitrogens is 1. The van der Waals surface area contributed by atoms with Crippen molar-refractivity contribution in [2.45, 2.75) is 31.4 Å². The number of rotatable bonds is 5. The van der Waals surface area contributed by atoms with E-state index in [2.05, 4.69) is 29.2 Å². The van der Waals surface area contributed by atoms with E-state index in [0.29, 0.717) is 18.6 Å². The lowest BCUT2D eigenvalue weighted by atomic mass is 10.1. The van der Waals surface area contributed by atoms with Crippen molar-refractivity contribution in [1.29, 1.82) is 0 Å². The van der Waals surface area contributed by atoms with Gasteiger partial charge < -0.3 is 9.47 Å². The Kier molecular flexibility index (Phi) is 5.25. The molecule has 0 saturated carbocycles. The maximum atomic E-state index is 5.97. The molecule has 0 unspecified atom stereocenters. The number of nitrogens with zero attached hydrogens (tertiary/aromatic N) is 1. The third kappa shape index (κ3) is 4.04. The van der Waals surface area contributed by atoms with E-state index in [1.807, 2.05) is 5.38 Å². The second-order valence-corrected chi connectivity index (χ2v) is 6.23. The molecule has 3 rings (SSSR count). The van der Waals surface area contributed by atoms with Crippen molar-refractivity contribution in [2.75, 3.05) is 13.2 Å². The second kappa shape index (κ2) is 7.36. The fourth-order valence-corrected chi connectivity index (χ4v) is 3.40. The topological polar surface area (TPSA) is 31.4 Å². The summed E-state index contributed by atoms with van der Waals surface area (Å²) in [6.45, 7) is 2.27. The van der Waals surface area contributed by atoms with E-state index in [1.54, 1.807) is 11.3 Å². The van der Waals surface area contributed by atoms with Crippen LogP contribution in [0.3, 0.4) is 0 Å². The van der Waals surface area contributed by atoms with Crippen molar-refractivity contribution < 1.29 is 9.47 Å². The van der Waals surface area contributed by atoms with Gasteiger partial charge >= 0.3 is 0 Å². The number of thiazole rings is 1. The lowest BCUT2D eigenvalue weighted by Gasteiger charge is -2.22. The SMILES string of the molecule is ClCc1csc(-c2cccc(COC3CCOCC3)c2)n1. The molecule has 1 aliphatic heterocycles. The van der Waals surface area contributed by atoms with Crippen LogP contribution in [0.4, 0.5) is 0 Å². The van der Waals surface area contributed by atoms with Gasteiger partial charge in [0, 0.05) is 24.2 Å². The van der Waals surface area contributed by atoms with Crippen molar-refractivity contribution in [3.8, 4) is 10.6 Å². The molecule has 5 heteroatoms. The van der Waals surface area contributed by atoms with Gasteiger partial charge in [-0.05, 0) is 24.5 Å². The largest absolute Gasteiger partial charge is 0.381 e. The van der Waals surface area contributed by atoms with Crippen LogP contribution in [0.2, 0.25) is 0 Å². The summed E-state index contributed by atoms with van der Waals surface area (Å²) in [7, 11) is 0.